The maximum absolute atomic E-state index is 12.5. The number of aromatic amines is 2. The second kappa shape index (κ2) is 4.99. The Kier molecular flexibility index (Phi) is 3.41. The van der Waals surface area contributed by atoms with Crippen molar-refractivity contribution in [3.8, 4) is 0 Å². The third-order valence-electron chi connectivity index (χ3n) is 4.40. The Morgan fingerprint density at radius 2 is 2.10 bits per heavy atom. The van der Waals surface area contributed by atoms with E-state index in [1.807, 2.05) is 6.92 Å². The number of halogens is 1. The number of benzene rings is 1. The van der Waals surface area contributed by atoms with Crippen LogP contribution in [0.3, 0.4) is 0 Å². The summed E-state index contributed by atoms with van der Waals surface area (Å²) in [7, 11) is 0. The van der Waals surface area contributed by atoms with Crippen LogP contribution < -0.4 is 16.7 Å². The number of H-pyrrole nitrogens is 2. The van der Waals surface area contributed by atoms with E-state index in [4.69, 9.17) is 5.73 Å². The molecule has 112 valence electrons. The van der Waals surface area contributed by atoms with Gasteiger partial charge in [-0.25, -0.2) is 4.79 Å². The fourth-order valence-corrected chi connectivity index (χ4v) is 3.33. The first kappa shape index (κ1) is 14.3. The minimum absolute atomic E-state index is 0.0783. The van der Waals surface area contributed by atoms with Crippen molar-refractivity contribution in [2.75, 3.05) is 5.32 Å². The van der Waals surface area contributed by atoms with E-state index >= 15 is 0 Å². The summed E-state index contributed by atoms with van der Waals surface area (Å²) in [6.45, 7) is 1.91. The van der Waals surface area contributed by atoms with E-state index < -0.39 is 5.41 Å². The number of carbonyl (C=O) groups excluding carboxylic acids is 1. The number of anilines is 1. The van der Waals surface area contributed by atoms with Crippen LogP contribution >= 0.6 is 15.9 Å². The summed E-state index contributed by atoms with van der Waals surface area (Å²) in [5.41, 5.74) is 7.23. The van der Waals surface area contributed by atoms with E-state index in [9.17, 15) is 9.59 Å². The van der Waals surface area contributed by atoms with Crippen LogP contribution in [0.4, 0.5) is 5.69 Å². The molecule has 1 aliphatic carbocycles. The number of imidazole rings is 1. The van der Waals surface area contributed by atoms with E-state index in [0.717, 1.165) is 19.3 Å². The van der Waals surface area contributed by atoms with Crippen molar-refractivity contribution >= 4 is 38.6 Å². The Labute approximate surface area is 129 Å². The Morgan fingerprint density at radius 3 is 2.71 bits per heavy atom. The fraction of sp³-hybridized carbons (Fsp3) is 0.429. The van der Waals surface area contributed by atoms with Gasteiger partial charge in [-0.15, -0.1) is 0 Å². The van der Waals surface area contributed by atoms with Gasteiger partial charge in [0.15, 0.2) is 0 Å². The topological polar surface area (TPSA) is 104 Å². The molecule has 1 amide bonds. The molecule has 0 radical (unpaired) electrons. The second-order valence-corrected chi connectivity index (χ2v) is 6.68. The zero-order chi connectivity index (χ0) is 15.2. The number of aromatic nitrogens is 2. The van der Waals surface area contributed by atoms with Crippen LogP contribution in [0.15, 0.2) is 21.4 Å². The maximum atomic E-state index is 12.5. The molecule has 1 aliphatic rings. The number of rotatable bonds is 2. The van der Waals surface area contributed by atoms with Gasteiger partial charge < -0.3 is 21.0 Å². The average Bonchev–Trinajstić information content (AvgIpc) is 2.93. The summed E-state index contributed by atoms with van der Waals surface area (Å²) in [4.78, 5) is 29.2. The Morgan fingerprint density at radius 1 is 1.43 bits per heavy atom. The summed E-state index contributed by atoms with van der Waals surface area (Å²) in [5, 5.41) is 2.92. The van der Waals surface area contributed by atoms with Gasteiger partial charge in [0, 0.05) is 10.5 Å². The van der Waals surface area contributed by atoms with Gasteiger partial charge in [-0.3, -0.25) is 4.79 Å². The molecular formula is C14H17BrN4O2. The summed E-state index contributed by atoms with van der Waals surface area (Å²) >= 11 is 3.41. The van der Waals surface area contributed by atoms with Gasteiger partial charge in [0.25, 0.3) is 0 Å². The molecule has 1 saturated carbocycles. The van der Waals surface area contributed by atoms with Crippen molar-refractivity contribution < 1.29 is 4.79 Å². The van der Waals surface area contributed by atoms with Crippen molar-refractivity contribution in [1.82, 2.24) is 9.97 Å². The molecule has 2 aromatic rings. The molecule has 1 aromatic carbocycles. The van der Waals surface area contributed by atoms with Crippen molar-refractivity contribution in [2.24, 2.45) is 11.1 Å². The lowest BCUT2D eigenvalue weighted by Gasteiger charge is -2.27. The van der Waals surface area contributed by atoms with Crippen molar-refractivity contribution in [1.29, 1.82) is 0 Å². The van der Waals surface area contributed by atoms with Crippen LogP contribution in [-0.2, 0) is 4.79 Å². The first-order chi connectivity index (χ1) is 9.90. The molecule has 1 heterocycles. The highest BCUT2D eigenvalue weighted by molar-refractivity contribution is 9.10. The summed E-state index contributed by atoms with van der Waals surface area (Å²) < 4.78 is 0.716. The van der Waals surface area contributed by atoms with E-state index in [-0.39, 0.29) is 17.6 Å². The predicted octanol–water partition coefficient (Wildman–Crippen LogP) is 2.07. The monoisotopic (exact) mass is 352 g/mol. The zero-order valence-corrected chi connectivity index (χ0v) is 13.2. The number of hydrogen-bond donors (Lipinski definition) is 4. The van der Waals surface area contributed by atoms with Gasteiger partial charge in [-0.1, -0.05) is 6.42 Å². The zero-order valence-electron chi connectivity index (χ0n) is 11.6. The lowest BCUT2D eigenvalue weighted by molar-refractivity contribution is -0.125. The quantitative estimate of drug-likeness (QED) is 0.664. The van der Waals surface area contributed by atoms with Crippen molar-refractivity contribution in [3.63, 3.8) is 0 Å². The lowest BCUT2D eigenvalue weighted by Crippen LogP contribution is -2.44. The van der Waals surface area contributed by atoms with Gasteiger partial charge >= 0.3 is 5.69 Å². The smallest absolute Gasteiger partial charge is 0.323 e. The minimum Gasteiger partial charge on any atom is -0.327 e. The molecule has 1 fully saturated rings. The van der Waals surface area contributed by atoms with E-state index in [1.54, 1.807) is 12.1 Å². The van der Waals surface area contributed by atoms with E-state index in [2.05, 4.69) is 31.2 Å². The molecule has 1 aromatic heterocycles. The molecule has 0 bridgehead atoms. The van der Waals surface area contributed by atoms with E-state index in [1.165, 1.54) is 0 Å². The molecular weight excluding hydrogens is 336 g/mol. The molecule has 0 aliphatic heterocycles. The van der Waals surface area contributed by atoms with Crippen LogP contribution in [-0.4, -0.2) is 21.9 Å². The third kappa shape index (κ3) is 2.40. The summed E-state index contributed by atoms with van der Waals surface area (Å²) in [5.74, 6) is -0.0783. The molecule has 5 N–H and O–H groups in total. The molecule has 7 heteroatoms. The highest BCUT2D eigenvalue weighted by atomic mass is 79.9. The highest BCUT2D eigenvalue weighted by Gasteiger charge is 2.43. The first-order valence-corrected chi connectivity index (χ1v) is 7.68. The Bertz CT molecular complexity index is 766. The largest absolute Gasteiger partial charge is 0.327 e. The molecule has 0 saturated heterocycles. The summed E-state index contributed by atoms with van der Waals surface area (Å²) in [6.07, 6.45) is 2.63. The standard InChI is InChI=1S/C14H17BrN4O2/c1-14(4-2-3-11(14)16)12(20)17-8-6-10-9(5-7(8)15)18-13(21)19-10/h5-6,11H,2-4,16H2,1H3,(H,17,20)(H2,18,19,21). The molecule has 3 rings (SSSR count). The number of fused-ring (bicyclic) bond motifs is 1. The van der Waals surface area contributed by atoms with E-state index in [0.29, 0.717) is 21.2 Å². The SMILES string of the molecule is CC1(C(=O)Nc2cc3[nH]c(=O)[nH]c3cc2Br)CCCC1N. The van der Waals surface area contributed by atoms with Gasteiger partial charge in [-0.2, -0.15) is 0 Å². The average molecular weight is 353 g/mol. The van der Waals surface area contributed by atoms with Crippen LogP contribution in [0.25, 0.3) is 11.0 Å². The minimum atomic E-state index is -0.542. The highest BCUT2D eigenvalue weighted by Crippen LogP contribution is 2.38. The molecule has 6 nitrogen and oxygen atoms in total. The van der Waals surface area contributed by atoms with Crippen LogP contribution in [0.5, 0.6) is 0 Å². The molecule has 21 heavy (non-hydrogen) atoms. The van der Waals surface area contributed by atoms with Gasteiger partial charge in [-0.05, 0) is 47.8 Å². The first-order valence-electron chi connectivity index (χ1n) is 6.89. The molecule has 2 atom stereocenters. The predicted molar refractivity (Wildman–Crippen MR) is 85.2 cm³/mol. The van der Waals surface area contributed by atoms with Crippen LogP contribution in [0, 0.1) is 5.41 Å². The van der Waals surface area contributed by atoms with Crippen LogP contribution in [0.1, 0.15) is 26.2 Å². The number of carbonyl (C=O) groups is 1. The second-order valence-electron chi connectivity index (χ2n) is 5.83. The lowest BCUT2D eigenvalue weighted by atomic mass is 9.84. The van der Waals surface area contributed by atoms with Gasteiger partial charge in [0.2, 0.25) is 5.91 Å². The molecule has 2 unspecified atom stereocenters. The maximum Gasteiger partial charge on any atom is 0.323 e. The van der Waals surface area contributed by atoms with Crippen LogP contribution in [0.2, 0.25) is 0 Å². The Hall–Kier alpha value is -1.60. The number of nitrogens with one attached hydrogen (secondary N) is 3. The van der Waals surface area contributed by atoms with Gasteiger partial charge in [0.1, 0.15) is 0 Å². The van der Waals surface area contributed by atoms with Crippen molar-refractivity contribution in [3.05, 3.63) is 27.1 Å². The van der Waals surface area contributed by atoms with Crippen molar-refractivity contribution in [2.45, 2.75) is 32.2 Å². The number of nitrogens with two attached hydrogens (primary N) is 1. The van der Waals surface area contributed by atoms with Gasteiger partial charge in [0.05, 0.1) is 22.1 Å². The fourth-order valence-electron chi connectivity index (χ4n) is 2.89. The number of hydrogen-bond acceptors (Lipinski definition) is 3. The number of amides is 1. The third-order valence-corrected chi connectivity index (χ3v) is 5.06. The summed E-state index contributed by atoms with van der Waals surface area (Å²) in [6, 6.07) is 3.38. The molecule has 0 spiro atoms. The Balaban J connectivity index is 1.92. The normalized spacial score (nSPS) is 25.4.